The van der Waals surface area contributed by atoms with Gasteiger partial charge in [0, 0.05) is 52.1 Å². The summed E-state index contributed by atoms with van der Waals surface area (Å²) in [5, 5.41) is 34.6. The smallest absolute Gasteiger partial charge is 0.311 e. The van der Waals surface area contributed by atoms with Crippen LogP contribution < -0.4 is 0 Å². The van der Waals surface area contributed by atoms with E-state index in [1.807, 2.05) is 97.9 Å². The van der Waals surface area contributed by atoms with E-state index in [0.29, 0.717) is 45.6 Å². The number of ether oxygens (including phenoxy) is 8. The van der Waals surface area contributed by atoms with Crippen LogP contribution in [0.3, 0.4) is 0 Å². The molecule has 0 bridgehead atoms. The minimum absolute atomic E-state index is 0.139. The van der Waals surface area contributed by atoms with Gasteiger partial charge in [-0.1, -0.05) is 51.1 Å². The van der Waals surface area contributed by atoms with Crippen LogP contribution in [0.4, 0.5) is 0 Å². The highest BCUT2D eigenvalue weighted by molar-refractivity contribution is 5.73. The number of aliphatic hydroxyl groups excluding tert-OH is 3. The molecule has 4 rings (SSSR count). The lowest BCUT2D eigenvalue weighted by Crippen LogP contribution is -2.61. The molecule has 14 heteroatoms. The van der Waals surface area contributed by atoms with Gasteiger partial charge in [0.25, 0.3) is 0 Å². The molecule has 3 heterocycles. The fourth-order valence-electron chi connectivity index (χ4n) is 9.49. The second kappa shape index (κ2) is 22.0. The summed E-state index contributed by atoms with van der Waals surface area (Å²) < 4.78 is 51.2. The second-order valence-corrected chi connectivity index (χ2v) is 18.6. The van der Waals surface area contributed by atoms with Crippen molar-refractivity contribution >= 4 is 5.97 Å². The van der Waals surface area contributed by atoms with Crippen LogP contribution in [0.1, 0.15) is 86.6 Å². The van der Waals surface area contributed by atoms with Gasteiger partial charge in [-0.15, -0.1) is 0 Å². The molecular formula is C45H78N2O12. The number of carbonyl (C=O) groups excluding carboxylic acids is 1. The molecule has 340 valence electrons. The van der Waals surface area contributed by atoms with E-state index in [0.717, 1.165) is 5.56 Å². The minimum atomic E-state index is -1.08. The number of hydrogen-bond donors (Lipinski definition) is 3. The number of rotatable bonds is 12. The first-order valence-electron chi connectivity index (χ1n) is 21.7. The van der Waals surface area contributed by atoms with Gasteiger partial charge < -0.3 is 63.0 Å². The number of benzene rings is 1. The lowest BCUT2D eigenvalue weighted by atomic mass is 9.75. The average molecular weight is 839 g/mol. The maximum absolute atomic E-state index is 14.6. The van der Waals surface area contributed by atoms with Gasteiger partial charge in [0.05, 0.1) is 60.9 Å². The molecule has 0 radical (unpaired) electrons. The first kappa shape index (κ1) is 49.9. The van der Waals surface area contributed by atoms with Gasteiger partial charge in [-0.3, -0.25) is 4.79 Å². The van der Waals surface area contributed by atoms with E-state index in [-0.39, 0.29) is 30.4 Å². The van der Waals surface area contributed by atoms with Gasteiger partial charge in [0.2, 0.25) is 0 Å². The Kier molecular flexibility index (Phi) is 18.6. The molecule has 0 aliphatic carbocycles. The summed E-state index contributed by atoms with van der Waals surface area (Å²) in [6.45, 7) is 17.0. The molecule has 17 atom stereocenters. The van der Waals surface area contributed by atoms with Crippen molar-refractivity contribution in [1.29, 1.82) is 0 Å². The van der Waals surface area contributed by atoms with Crippen LogP contribution >= 0.6 is 0 Å². The largest absolute Gasteiger partial charge is 0.461 e. The van der Waals surface area contributed by atoms with Gasteiger partial charge in [-0.05, 0) is 86.0 Å². The van der Waals surface area contributed by atoms with Gasteiger partial charge in [-0.2, -0.15) is 0 Å². The van der Waals surface area contributed by atoms with Crippen LogP contribution in [0.15, 0.2) is 30.3 Å². The Hall–Kier alpha value is -1.79. The zero-order valence-corrected chi connectivity index (χ0v) is 38.1. The molecule has 3 N–H and O–H groups in total. The van der Waals surface area contributed by atoms with Crippen LogP contribution in [-0.4, -0.2) is 165 Å². The Morgan fingerprint density at radius 3 is 2.15 bits per heavy atom. The summed E-state index contributed by atoms with van der Waals surface area (Å²) in [6.07, 6.45) is -6.03. The van der Waals surface area contributed by atoms with Crippen molar-refractivity contribution in [3.63, 3.8) is 0 Å². The van der Waals surface area contributed by atoms with Crippen LogP contribution in [0, 0.1) is 23.7 Å². The summed E-state index contributed by atoms with van der Waals surface area (Å²) in [7, 11) is 8.98. The van der Waals surface area contributed by atoms with Crippen molar-refractivity contribution in [1.82, 2.24) is 9.80 Å². The second-order valence-electron chi connectivity index (χ2n) is 18.6. The highest BCUT2D eigenvalue weighted by atomic mass is 16.7. The van der Waals surface area contributed by atoms with Crippen molar-refractivity contribution in [2.45, 2.75) is 166 Å². The molecule has 0 aromatic heterocycles. The Morgan fingerprint density at radius 2 is 1.53 bits per heavy atom. The lowest BCUT2D eigenvalue weighted by Gasteiger charge is -2.49. The van der Waals surface area contributed by atoms with E-state index in [2.05, 4.69) is 4.90 Å². The Bertz CT molecular complexity index is 1410. The lowest BCUT2D eigenvalue weighted by molar-refractivity contribution is -0.319. The maximum Gasteiger partial charge on any atom is 0.311 e. The number of hydrogen-bond acceptors (Lipinski definition) is 14. The van der Waals surface area contributed by atoms with Crippen molar-refractivity contribution in [3.8, 4) is 0 Å². The summed E-state index contributed by atoms with van der Waals surface area (Å²) in [5.74, 6) is -2.32. The third kappa shape index (κ3) is 12.9. The van der Waals surface area contributed by atoms with Gasteiger partial charge in [-0.25, -0.2) is 0 Å². The summed E-state index contributed by atoms with van der Waals surface area (Å²) in [6, 6.07) is 9.69. The van der Waals surface area contributed by atoms with Gasteiger partial charge in [0.1, 0.15) is 18.3 Å². The Morgan fingerprint density at radius 1 is 0.864 bits per heavy atom. The highest BCUT2D eigenvalue weighted by Crippen LogP contribution is 2.41. The highest BCUT2D eigenvalue weighted by Gasteiger charge is 2.52. The number of esters is 1. The first-order valence-corrected chi connectivity index (χ1v) is 21.7. The minimum Gasteiger partial charge on any atom is -0.461 e. The maximum atomic E-state index is 14.6. The van der Waals surface area contributed by atoms with E-state index < -0.39 is 84.3 Å². The molecule has 1 aromatic carbocycles. The van der Waals surface area contributed by atoms with Gasteiger partial charge >= 0.3 is 5.97 Å². The monoisotopic (exact) mass is 839 g/mol. The molecule has 59 heavy (non-hydrogen) atoms. The van der Waals surface area contributed by atoms with E-state index in [4.69, 9.17) is 37.9 Å². The van der Waals surface area contributed by atoms with Crippen molar-refractivity contribution in [2.24, 2.45) is 23.7 Å². The van der Waals surface area contributed by atoms with Crippen LogP contribution in [0.25, 0.3) is 0 Å². The number of nitrogens with zero attached hydrogens (tertiary/aromatic N) is 2. The topological polar surface area (TPSA) is 158 Å². The number of carbonyl (C=O) groups is 1. The molecule has 3 aliphatic heterocycles. The third-order valence-electron chi connectivity index (χ3n) is 13.3. The van der Waals surface area contributed by atoms with E-state index in [1.54, 1.807) is 28.1 Å². The van der Waals surface area contributed by atoms with Crippen molar-refractivity contribution in [3.05, 3.63) is 35.9 Å². The fraction of sp³-hybridized carbons (Fsp3) is 0.844. The average Bonchev–Trinajstić information content (AvgIpc) is 3.19. The van der Waals surface area contributed by atoms with Crippen molar-refractivity contribution in [2.75, 3.05) is 55.1 Å². The SMILES string of the molecule is CO[C@]1(C)C[C@H](O[C@H]2[C@H](C)[C@@H](O[C@@H]3O[C@H](C)C[C@H](N(C)C)[C@H]3O)[C@@](C)(OC)C[C@@H](C)[C@H](O)[C@H](C)CN(C)C[C@H](CCOCc3ccccc3)OC(=O)[C@@H]2C)O[C@@H](C)[C@@H]1O. The van der Waals surface area contributed by atoms with Gasteiger partial charge in [0.15, 0.2) is 12.6 Å². The molecule has 0 unspecified atom stereocenters. The zero-order chi connectivity index (χ0) is 43.8. The summed E-state index contributed by atoms with van der Waals surface area (Å²) in [5.41, 5.74) is -1.01. The number of likely N-dealkylation sites (N-methyl/N-ethyl adjacent to an activating group) is 2. The fourth-order valence-corrected chi connectivity index (χ4v) is 9.49. The zero-order valence-electron chi connectivity index (χ0n) is 38.1. The summed E-state index contributed by atoms with van der Waals surface area (Å²) in [4.78, 5) is 18.6. The van der Waals surface area contributed by atoms with Crippen LogP contribution in [-0.2, 0) is 49.3 Å². The quantitative estimate of drug-likeness (QED) is 0.203. The molecular weight excluding hydrogens is 760 g/mol. The van der Waals surface area contributed by atoms with E-state index >= 15 is 0 Å². The molecule has 3 fully saturated rings. The third-order valence-corrected chi connectivity index (χ3v) is 13.3. The molecule has 0 spiro atoms. The standard InChI is InChI=1S/C45H78N2O12/c1-27-22-45(8,53-13)41(59-43-38(49)35(46(9)10)21-29(3)55-43)30(4)39(58-36-23-44(7,52-12)40(50)32(6)56-36)31(5)42(51)57-34(25-47(11)24-28(2)37(27)48)19-20-54-26-33-17-15-14-16-18-33/h14-18,27-32,34-41,43,48-50H,19-26H2,1-13H3/t27-,28-,29-,30+,31-,32+,34+,35+,36+,37+,38-,39+,40+,41-,43+,44-,45+/m1/s1. The number of methoxy groups -OCH3 is 2. The molecule has 1 aromatic rings. The number of cyclic esters (lactones) is 1. The van der Waals surface area contributed by atoms with Crippen molar-refractivity contribution < 1.29 is 58.0 Å². The number of aliphatic hydroxyl groups is 3. The Labute approximate surface area is 354 Å². The van der Waals surface area contributed by atoms with Crippen LogP contribution in [0.2, 0.25) is 0 Å². The normalized spacial score (nSPS) is 42.5. The predicted molar refractivity (Wildman–Crippen MR) is 223 cm³/mol. The molecule has 0 amide bonds. The predicted octanol–water partition coefficient (Wildman–Crippen LogP) is 4.25. The van der Waals surface area contributed by atoms with E-state index in [1.165, 1.54) is 0 Å². The molecule has 3 saturated heterocycles. The summed E-state index contributed by atoms with van der Waals surface area (Å²) >= 11 is 0. The van der Waals surface area contributed by atoms with E-state index in [9.17, 15) is 20.1 Å². The first-order chi connectivity index (χ1) is 27.7. The molecule has 14 nitrogen and oxygen atoms in total. The molecule has 0 saturated carbocycles. The van der Waals surface area contributed by atoms with Crippen LogP contribution in [0.5, 0.6) is 0 Å². The Balaban J connectivity index is 1.77. The molecule has 3 aliphatic rings.